The van der Waals surface area contributed by atoms with Gasteiger partial charge in [0.1, 0.15) is 11.7 Å². The summed E-state index contributed by atoms with van der Waals surface area (Å²) in [5.41, 5.74) is 7.45. The lowest BCUT2D eigenvalue weighted by Crippen LogP contribution is -2.31. The van der Waals surface area contributed by atoms with Crippen molar-refractivity contribution < 1.29 is 14.3 Å². The Labute approximate surface area is 118 Å². The first-order chi connectivity index (χ1) is 9.56. The molecule has 0 radical (unpaired) electrons. The molecule has 20 heavy (non-hydrogen) atoms. The zero-order chi connectivity index (χ0) is 15.0. The van der Waals surface area contributed by atoms with Crippen LogP contribution in [0.5, 0.6) is 0 Å². The number of aryl methyl sites for hydroxylation is 1. The van der Waals surface area contributed by atoms with Crippen LogP contribution in [0.4, 0.5) is 4.39 Å². The summed E-state index contributed by atoms with van der Waals surface area (Å²) in [4.78, 5) is 2.09. The number of halogens is 1. The first kappa shape index (κ1) is 16.4. The quantitative estimate of drug-likeness (QED) is 0.330. The molecule has 0 saturated heterocycles. The van der Waals surface area contributed by atoms with Crippen molar-refractivity contribution in [2.24, 2.45) is 10.9 Å². The fourth-order valence-electron chi connectivity index (χ4n) is 1.86. The molecule has 6 heteroatoms. The minimum Gasteiger partial charge on any atom is -0.409 e. The van der Waals surface area contributed by atoms with Gasteiger partial charge in [0.2, 0.25) is 0 Å². The van der Waals surface area contributed by atoms with Crippen LogP contribution in [0.1, 0.15) is 17.5 Å². The van der Waals surface area contributed by atoms with Gasteiger partial charge < -0.3 is 15.7 Å². The molecule has 0 saturated carbocycles. The van der Waals surface area contributed by atoms with Crippen LogP contribution in [-0.4, -0.2) is 42.7 Å². The predicted octanol–water partition coefficient (Wildman–Crippen LogP) is 1.72. The van der Waals surface area contributed by atoms with E-state index in [-0.39, 0.29) is 11.7 Å². The molecule has 0 spiro atoms. The van der Waals surface area contributed by atoms with Crippen LogP contribution in [-0.2, 0) is 11.3 Å². The van der Waals surface area contributed by atoms with Crippen molar-refractivity contribution in [1.82, 2.24) is 4.90 Å². The van der Waals surface area contributed by atoms with Crippen molar-refractivity contribution in [2.75, 3.05) is 26.8 Å². The minimum absolute atomic E-state index is 0.184. The minimum atomic E-state index is -0.242. The van der Waals surface area contributed by atoms with E-state index in [0.29, 0.717) is 32.7 Å². The van der Waals surface area contributed by atoms with Gasteiger partial charge in [0.15, 0.2) is 0 Å². The second-order valence-electron chi connectivity index (χ2n) is 4.68. The average Bonchev–Trinajstić information content (AvgIpc) is 2.45. The molecule has 0 bridgehead atoms. The van der Waals surface area contributed by atoms with Gasteiger partial charge in [-0.3, -0.25) is 4.90 Å². The lowest BCUT2D eigenvalue weighted by Gasteiger charge is -2.22. The van der Waals surface area contributed by atoms with Gasteiger partial charge in [-0.05, 0) is 30.2 Å². The molecule has 0 amide bonds. The number of ether oxygens (including phenoxy) is 1. The highest BCUT2D eigenvalue weighted by Gasteiger charge is 2.09. The van der Waals surface area contributed by atoms with Gasteiger partial charge in [-0.1, -0.05) is 11.2 Å². The van der Waals surface area contributed by atoms with E-state index < -0.39 is 0 Å². The summed E-state index contributed by atoms with van der Waals surface area (Å²) in [7, 11) is 1.63. The fraction of sp³-hybridized carbons (Fsp3) is 0.500. The van der Waals surface area contributed by atoms with Crippen LogP contribution in [0.25, 0.3) is 0 Å². The Morgan fingerprint density at radius 2 is 2.20 bits per heavy atom. The molecular formula is C14H22FN3O2. The van der Waals surface area contributed by atoms with Crippen LogP contribution in [0.15, 0.2) is 23.4 Å². The normalized spacial score (nSPS) is 12.1. The van der Waals surface area contributed by atoms with E-state index >= 15 is 0 Å². The Balaban J connectivity index is 2.69. The van der Waals surface area contributed by atoms with Crippen molar-refractivity contribution >= 4 is 5.84 Å². The molecular weight excluding hydrogens is 261 g/mol. The number of methoxy groups -OCH3 is 1. The monoisotopic (exact) mass is 283 g/mol. The maximum Gasteiger partial charge on any atom is 0.140 e. The third-order valence-corrected chi connectivity index (χ3v) is 3.13. The number of amidine groups is 1. The van der Waals surface area contributed by atoms with Crippen molar-refractivity contribution in [1.29, 1.82) is 0 Å². The predicted molar refractivity (Wildman–Crippen MR) is 76.3 cm³/mol. The number of hydrogen-bond acceptors (Lipinski definition) is 4. The standard InChI is InChI=1S/C14H22FN3O2/c1-11-3-4-13(15)9-12(11)10-18(7-8-20-2)6-5-14(16)17-19/h3-4,9,19H,5-8,10H2,1-2H3,(H2,16,17). The van der Waals surface area contributed by atoms with Gasteiger partial charge in [-0.2, -0.15) is 0 Å². The lowest BCUT2D eigenvalue weighted by atomic mass is 10.1. The molecule has 0 unspecified atom stereocenters. The average molecular weight is 283 g/mol. The highest BCUT2D eigenvalue weighted by atomic mass is 19.1. The van der Waals surface area contributed by atoms with Crippen molar-refractivity contribution in [3.8, 4) is 0 Å². The van der Waals surface area contributed by atoms with E-state index in [4.69, 9.17) is 15.7 Å². The molecule has 112 valence electrons. The molecule has 1 aromatic carbocycles. The van der Waals surface area contributed by atoms with E-state index in [0.717, 1.165) is 11.1 Å². The van der Waals surface area contributed by atoms with E-state index in [2.05, 4.69) is 10.1 Å². The van der Waals surface area contributed by atoms with E-state index in [1.165, 1.54) is 6.07 Å². The summed E-state index contributed by atoms with van der Waals surface area (Å²) >= 11 is 0. The topological polar surface area (TPSA) is 71.1 Å². The highest BCUT2D eigenvalue weighted by Crippen LogP contribution is 2.13. The first-order valence-electron chi connectivity index (χ1n) is 6.49. The largest absolute Gasteiger partial charge is 0.409 e. The van der Waals surface area contributed by atoms with Crippen LogP contribution in [0.3, 0.4) is 0 Å². The van der Waals surface area contributed by atoms with Gasteiger partial charge in [-0.15, -0.1) is 0 Å². The van der Waals surface area contributed by atoms with Crippen molar-refractivity contribution in [2.45, 2.75) is 19.9 Å². The van der Waals surface area contributed by atoms with Gasteiger partial charge in [-0.25, -0.2) is 4.39 Å². The molecule has 0 fully saturated rings. The number of oxime groups is 1. The molecule has 1 rings (SSSR count). The smallest absolute Gasteiger partial charge is 0.140 e. The Bertz CT molecular complexity index is 452. The number of rotatable bonds is 8. The Hall–Kier alpha value is -1.66. The number of nitrogens with zero attached hydrogens (tertiary/aromatic N) is 2. The maximum absolute atomic E-state index is 13.3. The maximum atomic E-state index is 13.3. The first-order valence-corrected chi connectivity index (χ1v) is 6.49. The number of nitrogens with two attached hydrogens (primary N) is 1. The SMILES string of the molecule is COCCN(CC/C(N)=N/O)Cc1cc(F)ccc1C. The summed E-state index contributed by atoms with van der Waals surface area (Å²) in [5.74, 6) is -0.0582. The molecule has 3 N–H and O–H groups in total. The van der Waals surface area contributed by atoms with Gasteiger partial charge in [0, 0.05) is 33.2 Å². The molecule has 5 nitrogen and oxygen atoms in total. The van der Waals surface area contributed by atoms with Gasteiger partial charge in [0.05, 0.1) is 6.61 Å². The lowest BCUT2D eigenvalue weighted by molar-refractivity contribution is 0.145. The van der Waals surface area contributed by atoms with Crippen molar-refractivity contribution in [3.63, 3.8) is 0 Å². The molecule has 0 aliphatic heterocycles. The zero-order valence-corrected chi connectivity index (χ0v) is 12.0. The summed E-state index contributed by atoms with van der Waals surface area (Å²) in [6.45, 7) is 4.45. The Morgan fingerprint density at radius 3 is 2.85 bits per heavy atom. The number of hydrogen-bond donors (Lipinski definition) is 2. The molecule has 0 aromatic heterocycles. The molecule has 1 aromatic rings. The number of benzene rings is 1. The summed E-state index contributed by atoms with van der Waals surface area (Å²) in [6, 6.07) is 4.76. The summed E-state index contributed by atoms with van der Waals surface area (Å²) in [6.07, 6.45) is 0.453. The third-order valence-electron chi connectivity index (χ3n) is 3.13. The third kappa shape index (κ3) is 5.54. The second-order valence-corrected chi connectivity index (χ2v) is 4.68. The molecule has 0 atom stereocenters. The Kier molecular flexibility index (Phi) is 6.97. The zero-order valence-electron chi connectivity index (χ0n) is 12.0. The van der Waals surface area contributed by atoms with Crippen LogP contribution >= 0.6 is 0 Å². The van der Waals surface area contributed by atoms with E-state index in [1.54, 1.807) is 19.2 Å². The fourth-order valence-corrected chi connectivity index (χ4v) is 1.86. The van der Waals surface area contributed by atoms with E-state index in [1.807, 2.05) is 6.92 Å². The van der Waals surface area contributed by atoms with Gasteiger partial charge >= 0.3 is 0 Å². The van der Waals surface area contributed by atoms with Gasteiger partial charge in [0.25, 0.3) is 0 Å². The summed E-state index contributed by atoms with van der Waals surface area (Å²) in [5, 5.41) is 11.5. The molecule has 0 aliphatic rings. The van der Waals surface area contributed by atoms with Crippen molar-refractivity contribution in [3.05, 3.63) is 35.1 Å². The van der Waals surface area contributed by atoms with E-state index in [9.17, 15) is 4.39 Å². The molecule has 0 aliphatic carbocycles. The second kappa shape index (κ2) is 8.50. The van der Waals surface area contributed by atoms with Crippen LogP contribution in [0, 0.1) is 12.7 Å². The van der Waals surface area contributed by atoms with Crippen LogP contribution in [0.2, 0.25) is 0 Å². The van der Waals surface area contributed by atoms with Crippen LogP contribution < -0.4 is 5.73 Å². The summed E-state index contributed by atoms with van der Waals surface area (Å²) < 4.78 is 18.4. The highest BCUT2D eigenvalue weighted by molar-refractivity contribution is 5.79. The Morgan fingerprint density at radius 1 is 1.45 bits per heavy atom. The molecule has 0 heterocycles.